The third-order valence-electron chi connectivity index (χ3n) is 3.91. The van der Waals surface area contributed by atoms with Crippen molar-refractivity contribution in [3.63, 3.8) is 0 Å². The first-order chi connectivity index (χ1) is 8.95. The summed E-state index contributed by atoms with van der Waals surface area (Å²) in [5, 5.41) is 12.1. The van der Waals surface area contributed by atoms with Gasteiger partial charge in [-0.3, -0.25) is 4.79 Å². The van der Waals surface area contributed by atoms with Gasteiger partial charge in [0.2, 0.25) is 0 Å². The number of hydrogen-bond acceptors (Lipinski definition) is 3. The van der Waals surface area contributed by atoms with E-state index >= 15 is 0 Å². The number of morpholine rings is 1. The van der Waals surface area contributed by atoms with E-state index in [-0.39, 0.29) is 18.7 Å². The molecule has 1 aliphatic rings. The molecule has 6 heteroatoms. The Labute approximate surface area is 114 Å². The van der Waals surface area contributed by atoms with Crippen molar-refractivity contribution in [3.05, 3.63) is 0 Å². The van der Waals surface area contributed by atoms with Gasteiger partial charge in [-0.2, -0.15) is 0 Å². The van der Waals surface area contributed by atoms with E-state index in [2.05, 4.69) is 5.32 Å². The number of nitrogens with zero attached hydrogens (tertiary/aromatic N) is 1. The zero-order chi connectivity index (χ0) is 14.5. The summed E-state index contributed by atoms with van der Waals surface area (Å²) in [4.78, 5) is 25.0. The van der Waals surface area contributed by atoms with Gasteiger partial charge in [-0.15, -0.1) is 0 Å². The van der Waals surface area contributed by atoms with Crippen molar-refractivity contribution in [3.8, 4) is 0 Å². The van der Waals surface area contributed by atoms with E-state index in [9.17, 15) is 14.7 Å². The minimum absolute atomic E-state index is 0.0288. The molecule has 1 heterocycles. The van der Waals surface area contributed by atoms with Gasteiger partial charge in [0.15, 0.2) is 0 Å². The lowest BCUT2D eigenvalue weighted by atomic mass is 9.82. The molecule has 0 bridgehead atoms. The molecule has 6 nitrogen and oxygen atoms in total. The monoisotopic (exact) mass is 272 g/mol. The summed E-state index contributed by atoms with van der Waals surface area (Å²) in [6.45, 7) is 7.37. The summed E-state index contributed by atoms with van der Waals surface area (Å²) in [5.74, 6) is -0.854. The number of amides is 2. The van der Waals surface area contributed by atoms with E-state index in [0.29, 0.717) is 32.5 Å². The van der Waals surface area contributed by atoms with Gasteiger partial charge >= 0.3 is 12.0 Å². The Kier molecular flexibility index (Phi) is 5.60. The normalized spacial score (nSPS) is 20.2. The molecule has 0 saturated carbocycles. The lowest BCUT2D eigenvalue weighted by Crippen LogP contribution is -2.51. The van der Waals surface area contributed by atoms with E-state index in [1.807, 2.05) is 20.8 Å². The maximum absolute atomic E-state index is 12.0. The Hall–Kier alpha value is -1.30. The van der Waals surface area contributed by atoms with Crippen LogP contribution in [0.4, 0.5) is 4.79 Å². The highest BCUT2D eigenvalue weighted by Crippen LogP contribution is 2.25. The Bertz CT molecular complexity index is 329. The second kappa shape index (κ2) is 6.75. The van der Waals surface area contributed by atoms with Crippen LogP contribution in [0.1, 0.15) is 33.6 Å². The Morgan fingerprint density at radius 1 is 1.42 bits per heavy atom. The fourth-order valence-electron chi connectivity index (χ4n) is 2.24. The number of nitrogens with one attached hydrogen (secondary N) is 1. The molecular weight excluding hydrogens is 248 g/mol. The zero-order valence-electron chi connectivity index (χ0n) is 11.9. The molecule has 0 radical (unpaired) electrons. The number of hydrogen-bond donors (Lipinski definition) is 2. The van der Waals surface area contributed by atoms with Crippen molar-refractivity contribution in [2.45, 2.75) is 39.7 Å². The summed E-state index contributed by atoms with van der Waals surface area (Å²) in [7, 11) is 0. The molecule has 1 unspecified atom stereocenters. The fraction of sp³-hybridized carbons (Fsp3) is 0.846. The number of ether oxygens (including phenoxy) is 1. The minimum Gasteiger partial charge on any atom is -0.481 e. The van der Waals surface area contributed by atoms with Crippen LogP contribution in [-0.4, -0.2) is 54.4 Å². The van der Waals surface area contributed by atoms with E-state index in [4.69, 9.17) is 4.74 Å². The molecule has 0 aromatic rings. The predicted molar refractivity (Wildman–Crippen MR) is 71.0 cm³/mol. The minimum atomic E-state index is -0.867. The van der Waals surface area contributed by atoms with Crippen LogP contribution in [0.2, 0.25) is 0 Å². The molecule has 0 aromatic carbocycles. The maximum Gasteiger partial charge on any atom is 0.317 e. The van der Waals surface area contributed by atoms with Gasteiger partial charge in [0.05, 0.1) is 18.1 Å². The predicted octanol–water partition coefficient (Wildman–Crippen LogP) is 1.31. The van der Waals surface area contributed by atoms with Gasteiger partial charge < -0.3 is 20.1 Å². The van der Waals surface area contributed by atoms with Crippen molar-refractivity contribution < 1.29 is 19.4 Å². The molecule has 1 fully saturated rings. The smallest absolute Gasteiger partial charge is 0.317 e. The van der Waals surface area contributed by atoms with Crippen molar-refractivity contribution in [1.82, 2.24) is 10.2 Å². The van der Waals surface area contributed by atoms with Crippen LogP contribution in [0.3, 0.4) is 0 Å². The summed E-state index contributed by atoms with van der Waals surface area (Å²) in [6.07, 6.45) is 1.03. The summed E-state index contributed by atoms with van der Waals surface area (Å²) < 4.78 is 5.37. The van der Waals surface area contributed by atoms with Gasteiger partial charge in [0.1, 0.15) is 0 Å². The fourth-order valence-corrected chi connectivity index (χ4v) is 2.24. The Morgan fingerprint density at radius 3 is 2.53 bits per heavy atom. The van der Waals surface area contributed by atoms with Crippen LogP contribution in [0.15, 0.2) is 0 Å². The molecular formula is C13H24N2O4. The second-order valence-corrected chi connectivity index (χ2v) is 5.08. The first kappa shape index (κ1) is 15.8. The molecule has 1 aliphatic heterocycles. The van der Waals surface area contributed by atoms with Gasteiger partial charge in [-0.25, -0.2) is 4.79 Å². The van der Waals surface area contributed by atoms with E-state index in [1.165, 1.54) is 0 Å². The molecule has 110 valence electrons. The number of rotatable bonds is 5. The van der Waals surface area contributed by atoms with Crippen molar-refractivity contribution in [1.29, 1.82) is 0 Å². The van der Waals surface area contributed by atoms with Crippen LogP contribution in [0.25, 0.3) is 0 Å². The zero-order valence-corrected chi connectivity index (χ0v) is 11.9. The Balaban J connectivity index is 2.54. The maximum atomic E-state index is 12.0. The molecule has 1 atom stereocenters. The first-order valence-electron chi connectivity index (χ1n) is 6.83. The van der Waals surface area contributed by atoms with Crippen LogP contribution in [-0.2, 0) is 9.53 Å². The number of carbonyl (C=O) groups excluding carboxylic acids is 1. The lowest BCUT2D eigenvalue weighted by Gasteiger charge is -2.33. The highest BCUT2D eigenvalue weighted by atomic mass is 16.5. The SMILES string of the molecule is CCC(CC)(CNC(=O)N1CCOC(C)C1)C(=O)O. The summed E-state index contributed by atoms with van der Waals surface area (Å²) in [6, 6.07) is -0.206. The quantitative estimate of drug-likeness (QED) is 0.791. The third kappa shape index (κ3) is 3.83. The number of urea groups is 1. The van der Waals surface area contributed by atoms with Gasteiger partial charge in [-0.05, 0) is 19.8 Å². The van der Waals surface area contributed by atoms with Crippen LogP contribution in [0.5, 0.6) is 0 Å². The van der Waals surface area contributed by atoms with Crippen molar-refractivity contribution >= 4 is 12.0 Å². The average molecular weight is 272 g/mol. The molecule has 0 spiro atoms. The van der Waals surface area contributed by atoms with Gasteiger partial charge in [0.25, 0.3) is 0 Å². The topological polar surface area (TPSA) is 78.9 Å². The van der Waals surface area contributed by atoms with E-state index < -0.39 is 11.4 Å². The second-order valence-electron chi connectivity index (χ2n) is 5.08. The highest BCUT2D eigenvalue weighted by Gasteiger charge is 2.35. The van der Waals surface area contributed by atoms with Crippen molar-refractivity contribution in [2.24, 2.45) is 5.41 Å². The molecule has 0 aromatic heterocycles. The molecule has 0 aliphatic carbocycles. The highest BCUT2D eigenvalue weighted by molar-refractivity contribution is 5.78. The molecule has 1 rings (SSSR count). The van der Waals surface area contributed by atoms with Crippen LogP contribution in [0, 0.1) is 5.41 Å². The molecule has 1 saturated heterocycles. The molecule has 2 N–H and O–H groups in total. The number of carbonyl (C=O) groups is 2. The van der Waals surface area contributed by atoms with E-state index in [0.717, 1.165) is 0 Å². The molecule has 19 heavy (non-hydrogen) atoms. The first-order valence-corrected chi connectivity index (χ1v) is 6.83. The lowest BCUT2D eigenvalue weighted by molar-refractivity contribution is -0.149. The van der Waals surface area contributed by atoms with E-state index in [1.54, 1.807) is 4.90 Å². The van der Waals surface area contributed by atoms with Gasteiger partial charge in [-0.1, -0.05) is 13.8 Å². The summed E-state index contributed by atoms with van der Waals surface area (Å²) in [5.41, 5.74) is -0.867. The van der Waals surface area contributed by atoms with Crippen LogP contribution < -0.4 is 5.32 Å². The number of carboxylic acids is 1. The number of aliphatic carboxylic acids is 1. The third-order valence-corrected chi connectivity index (χ3v) is 3.91. The summed E-state index contributed by atoms with van der Waals surface area (Å²) >= 11 is 0. The number of carboxylic acid groups (broad SMARTS) is 1. The van der Waals surface area contributed by atoms with Crippen LogP contribution >= 0.6 is 0 Å². The van der Waals surface area contributed by atoms with Crippen molar-refractivity contribution in [2.75, 3.05) is 26.2 Å². The standard InChI is InChI=1S/C13H24N2O4/c1-4-13(5-2,11(16)17)9-14-12(18)15-6-7-19-10(3)8-15/h10H,4-9H2,1-3H3,(H,14,18)(H,16,17). The largest absolute Gasteiger partial charge is 0.481 e. The molecule has 2 amide bonds. The van der Waals surface area contributed by atoms with Gasteiger partial charge in [0, 0.05) is 19.6 Å². The Morgan fingerprint density at radius 2 is 2.05 bits per heavy atom. The average Bonchev–Trinajstić information content (AvgIpc) is 2.40.